The highest BCUT2D eigenvalue weighted by Crippen LogP contribution is 2.23. The van der Waals surface area contributed by atoms with Crippen molar-refractivity contribution in [1.82, 2.24) is 14.1 Å². The highest BCUT2D eigenvalue weighted by atomic mass is 32.2. The number of carbonyl (C=O) groups is 1. The second-order valence-electron chi connectivity index (χ2n) is 6.09. The zero-order valence-electron chi connectivity index (χ0n) is 15.2. The number of para-hydroxylation sites is 1. The number of hydrogen-bond donors (Lipinski definition) is 1. The molecule has 0 aliphatic carbocycles. The van der Waals surface area contributed by atoms with Gasteiger partial charge in [-0.1, -0.05) is 29.5 Å². The van der Waals surface area contributed by atoms with Gasteiger partial charge >= 0.3 is 5.97 Å². The molecule has 0 fully saturated rings. The van der Waals surface area contributed by atoms with Crippen molar-refractivity contribution in [1.29, 1.82) is 0 Å². The Kier molecular flexibility index (Phi) is 4.91. The summed E-state index contributed by atoms with van der Waals surface area (Å²) in [6.07, 6.45) is 0. The van der Waals surface area contributed by atoms with Crippen LogP contribution in [-0.4, -0.2) is 30.8 Å². The van der Waals surface area contributed by atoms with E-state index in [0.717, 1.165) is 10.2 Å². The van der Waals surface area contributed by atoms with Crippen molar-refractivity contribution in [2.45, 2.75) is 11.5 Å². The number of sulfonamides is 1. The number of benzene rings is 2. The molecule has 4 aromatic rings. The van der Waals surface area contributed by atoms with Gasteiger partial charge < -0.3 is 4.74 Å². The summed E-state index contributed by atoms with van der Waals surface area (Å²) in [6, 6.07) is 14.3. The van der Waals surface area contributed by atoms with Gasteiger partial charge in [0.1, 0.15) is 6.61 Å². The predicted octanol–water partition coefficient (Wildman–Crippen LogP) is 2.17. The van der Waals surface area contributed by atoms with Gasteiger partial charge in [-0.15, -0.1) is 0 Å². The predicted molar refractivity (Wildman–Crippen MR) is 109 cm³/mol. The van der Waals surface area contributed by atoms with Gasteiger partial charge in [-0.05, 0) is 37.4 Å². The number of esters is 1. The average Bonchev–Trinajstić information content (AvgIpc) is 3.11. The number of hydrogen-bond acceptors (Lipinski definition) is 7. The Morgan fingerprint density at radius 3 is 2.76 bits per heavy atom. The molecular formula is C19H15N3O5S2. The van der Waals surface area contributed by atoms with Crippen LogP contribution in [0.1, 0.15) is 16.1 Å². The molecule has 2 aromatic heterocycles. The van der Waals surface area contributed by atoms with E-state index in [-0.39, 0.29) is 22.6 Å². The van der Waals surface area contributed by atoms with E-state index in [0.29, 0.717) is 10.7 Å². The van der Waals surface area contributed by atoms with E-state index in [9.17, 15) is 18.0 Å². The summed E-state index contributed by atoms with van der Waals surface area (Å²) in [6.45, 7) is -0.207. The normalized spacial score (nSPS) is 11.8. The van der Waals surface area contributed by atoms with E-state index in [1.54, 1.807) is 0 Å². The number of aromatic nitrogens is 2. The molecule has 1 N–H and O–H groups in total. The van der Waals surface area contributed by atoms with Gasteiger partial charge in [0.2, 0.25) is 10.0 Å². The van der Waals surface area contributed by atoms with Crippen LogP contribution in [0.25, 0.3) is 15.2 Å². The lowest BCUT2D eigenvalue weighted by molar-refractivity contribution is 0.0467. The third-order valence-corrected chi connectivity index (χ3v) is 6.68. The summed E-state index contributed by atoms with van der Waals surface area (Å²) < 4.78 is 33.6. The van der Waals surface area contributed by atoms with E-state index in [4.69, 9.17) is 4.74 Å². The van der Waals surface area contributed by atoms with Crippen molar-refractivity contribution in [2.24, 2.45) is 0 Å². The minimum atomic E-state index is -3.68. The standard InChI is InChI=1S/C19H15N3O5S2/c1-20-29(25,26)14-6-4-5-12(9-14)18(24)27-11-13-10-17(23)22-15-7-2-3-8-16(15)28-19(22)21-13/h2-10,20H,11H2,1H3. The van der Waals surface area contributed by atoms with Crippen LogP contribution in [-0.2, 0) is 21.4 Å². The van der Waals surface area contributed by atoms with Crippen LogP contribution in [0.15, 0.2) is 64.3 Å². The molecule has 2 heterocycles. The van der Waals surface area contributed by atoms with Crippen LogP contribution in [0.4, 0.5) is 0 Å². The molecule has 10 heteroatoms. The largest absolute Gasteiger partial charge is 0.456 e. The molecule has 0 unspecified atom stereocenters. The smallest absolute Gasteiger partial charge is 0.338 e. The van der Waals surface area contributed by atoms with Crippen molar-refractivity contribution in [2.75, 3.05) is 7.05 Å². The summed E-state index contributed by atoms with van der Waals surface area (Å²) in [7, 11) is -2.39. The minimum absolute atomic E-state index is 0.0440. The molecule has 0 amide bonds. The first-order valence-corrected chi connectivity index (χ1v) is 10.8. The van der Waals surface area contributed by atoms with Crippen molar-refractivity contribution in [3.05, 3.63) is 76.2 Å². The van der Waals surface area contributed by atoms with Crippen LogP contribution in [0.5, 0.6) is 0 Å². The number of thiazole rings is 1. The second-order valence-corrected chi connectivity index (χ2v) is 8.98. The number of ether oxygens (including phenoxy) is 1. The zero-order chi connectivity index (χ0) is 20.6. The summed E-state index contributed by atoms with van der Waals surface area (Å²) in [5, 5.41) is 0. The van der Waals surface area contributed by atoms with E-state index >= 15 is 0 Å². The molecule has 0 saturated carbocycles. The van der Waals surface area contributed by atoms with Gasteiger partial charge in [-0.25, -0.2) is 22.9 Å². The molecule has 0 saturated heterocycles. The third kappa shape index (κ3) is 3.65. The topological polar surface area (TPSA) is 107 Å². The quantitative estimate of drug-likeness (QED) is 0.487. The van der Waals surface area contributed by atoms with Crippen molar-refractivity contribution in [3.63, 3.8) is 0 Å². The van der Waals surface area contributed by atoms with Gasteiger partial charge in [-0.3, -0.25) is 9.20 Å². The van der Waals surface area contributed by atoms with Gasteiger partial charge in [0.25, 0.3) is 5.56 Å². The maximum absolute atomic E-state index is 12.5. The van der Waals surface area contributed by atoms with E-state index < -0.39 is 16.0 Å². The van der Waals surface area contributed by atoms with Crippen LogP contribution in [0.2, 0.25) is 0 Å². The third-order valence-electron chi connectivity index (χ3n) is 4.25. The van der Waals surface area contributed by atoms with Crippen molar-refractivity contribution in [3.8, 4) is 0 Å². The lowest BCUT2D eigenvalue weighted by Crippen LogP contribution is -2.19. The van der Waals surface area contributed by atoms with Gasteiger partial charge in [0, 0.05) is 6.07 Å². The van der Waals surface area contributed by atoms with Crippen LogP contribution in [0.3, 0.4) is 0 Å². The summed E-state index contributed by atoms with van der Waals surface area (Å²) in [5.74, 6) is -0.712. The fourth-order valence-corrected chi connectivity index (χ4v) is 4.65. The van der Waals surface area contributed by atoms with Gasteiger partial charge in [-0.2, -0.15) is 0 Å². The number of rotatable bonds is 5. The Morgan fingerprint density at radius 2 is 1.97 bits per heavy atom. The lowest BCUT2D eigenvalue weighted by atomic mass is 10.2. The maximum atomic E-state index is 12.5. The Hall–Kier alpha value is -3.08. The van der Waals surface area contributed by atoms with E-state index in [1.165, 1.54) is 53.1 Å². The molecular weight excluding hydrogens is 414 g/mol. The first-order chi connectivity index (χ1) is 13.9. The van der Waals surface area contributed by atoms with Gasteiger partial charge in [0.15, 0.2) is 4.96 Å². The highest BCUT2D eigenvalue weighted by molar-refractivity contribution is 7.89. The first-order valence-electron chi connectivity index (χ1n) is 8.50. The summed E-state index contributed by atoms with van der Waals surface area (Å²) >= 11 is 1.37. The maximum Gasteiger partial charge on any atom is 0.338 e. The Labute approximate surface area is 169 Å². The number of carbonyl (C=O) groups excluding carboxylic acids is 1. The summed E-state index contributed by atoms with van der Waals surface area (Å²) in [4.78, 5) is 29.7. The van der Waals surface area contributed by atoms with Crippen LogP contribution >= 0.6 is 11.3 Å². The number of fused-ring (bicyclic) bond motifs is 3. The molecule has 0 atom stereocenters. The van der Waals surface area contributed by atoms with Gasteiger partial charge in [0.05, 0.1) is 26.4 Å². The number of nitrogens with one attached hydrogen (secondary N) is 1. The first kappa shape index (κ1) is 19.2. The van der Waals surface area contributed by atoms with E-state index in [1.807, 2.05) is 24.3 Å². The summed E-state index contributed by atoms with van der Waals surface area (Å²) in [5.41, 5.74) is 0.909. The Bertz CT molecular complexity index is 1410. The molecule has 148 valence electrons. The molecule has 0 aliphatic rings. The molecule has 0 aliphatic heterocycles. The monoisotopic (exact) mass is 429 g/mol. The average molecular weight is 429 g/mol. The zero-order valence-corrected chi connectivity index (χ0v) is 16.8. The number of nitrogens with zero attached hydrogens (tertiary/aromatic N) is 2. The molecule has 0 radical (unpaired) electrons. The van der Waals surface area contributed by atoms with Crippen LogP contribution in [0, 0.1) is 0 Å². The molecule has 8 nitrogen and oxygen atoms in total. The fourth-order valence-electron chi connectivity index (χ4n) is 2.83. The molecule has 2 aromatic carbocycles. The Morgan fingerprint density at radius 1 is 1.17 bits per heavy atom. The molecule has 4 rings (SSSR count). The van der Waals surface area contributed by atoms with Crippen molar-refractivity contribution >= 4 is 42.5 Å². The lowest BCUT2D eigenvalue weighted by Gasteiger charge is -2.07. The Balaban J connectivity index is 1.58. The van der Waals surface area contributed by atoms with Crippen LogP contribution < -0.4 is 10.3 Å². The minimum Gasteiger partial charge on any atom is -0.456 e. The SMILES string of the molecule is CNS(=O)(=O)c1cccc(C(=O)OCc2cc(=O)n3c(n2)sc2ccccc23)c1. The fraction of sp³-hybridized carbons (Fsp3) is 0.105. The second kappa shape index (κ2) is 7.39. The van der Waals surface area contributed by atoms with E-state index in [2.05, 4.69) is 9.71 Å². The molecule has 0 spiro atoms. The van der Waals surface area contributed by atoms with Crippen molar-refractivity contribution < 1.29 is 17.9 Å². The molecule has 29 heavy (non-hydrogen) atoms. The highest BCUT2D eigenvalue weighted by Gasteiger charge is 2.16. The molecule has 0 bridgehead atoms.